The highest BCUT2D eigenvalue weighted by atomic mass is 79.9. The lowest BCUT2D eigenvalue weighted by molar-refractivity contribution is -0.395. The molecule has 2 N–H and O–H groups in total. The molecule has 0 saturated heterocycles. The Labute approximate surface area is 321 Å². The average molecular weight is 826 g/mol. The summed E-state index contributed by atoms with van der Waals surface area (Å²) in [7, 11) is 0. The summed E-state index contributed by atoms with van der Waals surface area (Å²) < 4.78 is 12.4. The van der Waals surface area contributed by atoms with E-state index in [0.717, 1.165) is 39.9 Å². The molecule has 1 aliphatic carbocycles. The summed E-state index contributed by atoms with van der Waals surface area (Å²) in [6, 6.07) is 10.4. The van der Waals surface area contributed by atoms with Crippen LogP contribution in [0.5, 0.6) is 5.75 Å². The number of carbonyl (C=O) groups is 1. The second-order valence-electron chi connectivity index (χ2n) is 13.1. The second-order valence-corrected chi connectivity index (χ2v) is 14.0. The SMILES string of the molecule is CCCC1(CC(=O)O)OCCc2c1[nH]c1c(C)c(OCC3CC3)cc(C#N)c21.Cc1c([N+](=O)[O-])cc(Br)cc1[N+](=O)[O-].Cc1c([N+](=O)[O-])cccc1[N+](=O)[O-]. The largest absolute Gasteiger partial charge is 0.493 e. The van der Waals surface area contributed by atoms with Gasteiger partial charge in [0.25, 0.3) is 22.7 Å². The van der Waals surface area contributed by atoms with E-state index in [9.17, 15) is 55.6 Å². The van der Waals surface area contributed by atoms with E-state index in [1.54, 1.807) is 0 Å². The third-order valence-corrected chi connectivity index (χ3v) is 9.80. The third-order valence-electron chi connectivity index (χ3n) is 9.34. The van der Waals surface area contributed by atoms with Gasteiger partial charge < -0.3 is 19.6 Å². The maximum absolute atomic E-state index is 11.6. The zero-order valence-electron chi connectivity index (χ0n) is 30.3. The molecule has 3 aromatic carbocycles. The van der Waals surface area contributed by atoms with Gasteiger partial charge in [0, 0.05) is 39.7 Å². The highest BCUT2D eigenvalue weighted by Gasteiger charge is 2.42. The summed E-state index contributed by atoms with van der Waals surface area (Å²) in [5.41, 5.74) is 2.53. The number of aliphatic carboxylic acids is 1. The van der Waals surface area contributed by atoms with E-state index in [1.165, 1.54) is 57.0 Å². The van der Waals surface area contributed by atoms with Crippen LogP contribution in [0.3, 0.4) is 0 Å². The highest BCUT2D eigenvalue weighted by molar-refractivity contribution is 9.10. The Kier molecular flexibility index (Phi) is 13.2. The van der Waals surface area contributed by atoms with Crippen molar-refractivity contribution in [3.8, 4) is 11.8 Å². The molecule has 1 fully saturated rings. The number of ether oxygens (including phenoxy) is 2. The van der Waals surface area contributed by atoms with Gasteiger partial charge in [0.05, 0.1) is 62.2 Å². The smallest absolute Gasteiger partial charge is 0.306 e. The van der Waals surface area contributed by atoms with Crippen molar-refractivity contribution in [3.63, 3.8) is 0 Å². The number of nitrogens with one attached hydrogen (secondary N) is 1. The van der Waals surface area contributed by atoms with Crippen molar-refractivity contribution in [2.24, 2.45) is 5.92 Å². The molecule has 18 nitrogen and oxygen atoms in total. The number of carboxylic acids is 1. The predicted molar refractivity (Wildman–Crippen MR) is 201 cm³/mol. The molecule has 6 rings (SSSR count). The Morgan fingerprint density at radius 2 is 1.51 bits per heavy atom. The van der Waals surface area contributed by atoms with Gasteiger partial charge >= 0.3 is 5.97 Å². The van der Waals surface area contributed by atoms with Crippen LogP contribution in [-0.4, -0.2) is 49.0 Å². The number of benzene rings is 3. The molecule has 0 amide bonds. The van der Waals surface area contributed by atoms with Gasteiger partial charge in [-0.3, -0.25) is 45.3 Å². The van der Waals surface area contributed by atoms with E-state index < -0.39 is 31.3 Å². The van der Waals surface area contributed by atoms with Gasteiger partial charge in [-0.25, -0.2) is 0 Å². The molecule has 1 unspecified atom stereocenters. The van der Waals surface area contributed by atoms with Crippen molar-refractivity contribution in [1.29, 1.82) is 5.26 Å². The molecule has 2 aliphatic rings. The van der Waals surface area contributed by atoms with Crippen LogP contribution in [0.2, 0.25) is 0 Å². The Hall–Kier alpha value is -6.00. The molecule has 1 aliphatic heterocycles. The number of nitriles is 1. The predicted octanol–water partition coefficient (Wildman–Crippen LogP) is 8.56. The topological polar surface area (TPSA) is 268 Å². The van der Waals surface area contributed by atoms with Crippen molar-refractivity contribution in [3.05, 3.63) is 115 Å². The summed E-state index contributed by atoms with van der Waals surface area (Å²) >= 11 is 2.97. The lowest BCUT2D eigenvalue weighted by atomic mass is 9.84. The minimum Gasteiger partial charge on any atom is -0.493 e. The Morgan fingerprint density at radius 1 is 0.964 bits per heavy atom. The number of aromatic nitrogens is 1. The summed E-state index contributed by atoms with van der Waals surface area (Å²) in [4.78, 5) is 54.3. The number of rotatable bonds is 11. The number of nitro benzene ring substituents is 4. The first-order valence-electron chi connectivity index (χ1n) is 17.0. The highest BCUT2D eigenvalue weighted by Crippen LogP contribution is 2.45. The normalized spacial score (nSPS) is 15.6. The fraction of sp³-hybridized carbons (Fsp3) is 0.389. The number of fused-ring (bicyclic) bond motifs is 3. The van der Waals surface area contributed by atoms with Gasteiger partial charge in [0.15, 0.2) is 0 Å². The van der Waals surface area contributed by atoms with E-state index >= 15 is 0 Å². The molecule has 1 atom stereocenters. The standard InChI is InChI=1S/C22H26N2O4.C7H5BrN2O4.C7H6N2O4/c1-3-7-22(10-18(25)26)21-16(6-8-28-22)19-15(11-23)9-17(13(2)20(19)24-21)27-12-14-4-5-14;1-4-6(9(11)12)2-5(8)3-7(4)10(13)14;1-5-6(8(10)11)3-2-4-7(5)9(12)13/h9,14,24H,3-8,10,12H2,1-2H3,(H,25,26);2-3H,1H3;2-4H,1H3. The van der Waals surface area contributed by atoms with Crippen LogP contribution < -0.4 is 4.74 Å². The Bertz CT molecular complexity index is 2160. The number of nitro groups is 4. The van der Waals surface area contributed by atoms with Crippen molar-refractivity contribution < 1.29 is 39.1 Å². The van der Waals surface area contributed by atoms with Gasteiger partial charge in [-0.2, -0.15) is 5.26 Å². The number of aryl methyl sites for hydroxylation is 1. The fourth-order valence-electron chi connectivity index (χ4n) is 6.45. The number of halogens is 1. The van der Waals surface area contributed by atoms with E-state index in [2.05, 4.69) is 27.0 Å². The minimum atomic E-state index is -0.884. The molecule has 1 aromatic heterocycles. The number of carboxylic acid groups (broad SMARTS) is 1. The van der Waals surface area contributed by atoms with Crippen molar-refractivity contribution in [2.75, 3.05) is 13.2 Å². The van der Waals surface area contributed by atoms with Crippen LogP contribution in [0.4, 0.5) is 22.7 Å². The Morgan fingerprint density at radius 3 is 1.98 bits per heavy atom. The van der Waals surface area contributed by atoms with Crippen molar-refractivity contribution >= 4 is 55.6 Å². The van der Waals surface area contributed by atoms with Crippen molar-refractivity contribution in [1.82, 2.24) is 4.98 Å². The molecular formula is C36H37BrN6O12. The molecule has 55 heavy (non-hydrogen) atoms. The van der Waals surface area contributed by atoms with E-state index in [1.807, 2.05) is 19.9 Å². The molecule has 0 spiro atoms. The van der Waals surface area contributed by atoms with Crippen LogP contribution >= 0.6 is 15.9 Å². The maximum atomic E-state index is 11.6. The molecule has 1 saturated carbocycles. The van der Waals surface area contributed by atoms with Crippen LogP contribution in [0, 0.1) is 78.5 Å². The Balaban J connectivity index is 0.000000209. The van der Waals surface area contributed by atoms with Crippen molar-refractivity contribution in [2.45, 2.75) is 71.8 Å². The minimum absolute atomic E-state index is 0.0585. The molecule has 4 aromatic rings. The maximum Gasteiger partial charge on any atom is 0.306 e. The monoisotopic (exact) mass is 824 g/mol. The lowest BCUT2D eigenvalue weighted by Crippen LogP contribution is -2.37. The third kappa shape index (κ3) is 9.39. The van der Waals surface area contributed by atoms with Gasteiger partial charge in [-0.1, -0.05) is 29.3 Å². The second kappa shape index (κ2) is 17.4. The lowest BCUT2D eigenvalue weighted by Gasteiger charge is -2.36. The summed E-state index contributed by atoms with van der Waals surface area (Å²) in [5.74, 6) is 0.471. The first-order chi connectivity index (χ1) is 26.0. The number of hydrogen-bond donors (Lipinski definition) is 2. The van der Waals surface area contributed by atoms with Crippen LogP contribution in [0.25, 0.3) is 10.9 Å². The molecule has 0 bridgehead atoms. The number of H-pyrrole nitrogens is 1. The number of aromatic amines is 1. The van der Waals surface area contributed by atoms with E-state index in [-0.39, 0.29) is 40.3 Å². The molecule has 290 valence electrons. The van der Waals surface area contributed by atoms with Crippen LogP contribution in [0.15, 0.2) is 40.9 Å². The zero-order valence-corrected chi connectivity index (χ0v) is 31.8. The number of nitrogens with zero attached hydrogens (tertiary/aromatic N) is 5. The molecule has 0 radical (unpaired) electrons. The average Bonchev–Trinajstić information content (AvgIpc) is 3.86. The molecule has 19 heteroatoms. The van der Waals surface area contributed by atoms with Crippen LogP contribution in [0.1, 0.15) is 72.5 Å². The zero-order chi connectivity index (χ0) is 40.8. The van der Waals surface area contributed by atoms with Gasteiger partial charge in [-0.05, 0) is 70.1 Å². The first-order valence-corrected chi connectivity index (χ1v) is 17.8. The van der Waals surface area contributed by atoms with E-state index in [4.69, 9.17) is 9.47 Å². The quantitative estimate of drug-likeness (QED) is 0.106. The van der Waals surface area contributed by atoms with Gasteiger partial charge in [0.1, 0.15) is 22.5 Å². The summed E-state index contributed by atoms with van der Waals surface area (Å²) in [6.07, 6.45) is 4.40. The van der Waals surface area contributed by atoms with Gasteiger partial charge in [-0.15, -0.1) is 0 Å². The molecule has 2 heterocycles. The molecular weight excluding hydrogens is 788 g/mol. The first kappa shape index (κ1) is 41.8. The summed E-state index contributed by atoms with van der Waals surface area (Å²) in [6.45, 7) is 7.86. The van der Waals surface area contributed by atoms with Crippen LogP contribution in [-0.2, 0) is 21.6 Å². The van der Waals surface area contributed by atoms with E-state index in [0.29, 0.717) is 42.0 Å². The fourth-order valence-corrected chi connectivity index (χ4v) is 6.89. The summed E-state index contributed by atoms with van der Waals surface area (Å²) in [5, 5.41) is 62.0. The number of hydrogen-bond acceptors (Lipinski definition) is 12. The van der Waals surface area contributed by atoms with Gasteiger partial charge in [0.2, 0.25) is 0 Å².